The maximum atomic E-state index is 12.4. The normalized spacial score (nSPS) is 10.6. The number of nitro benzene ring substituents is 1. The largest absolute Gasteiger partial charge is 0.484 e. The number of nitrogens with one attached hydrogen (secondary N) is 1. The van der Waals surface area contributed by atoms with Gasteiger partial charge in [0.05, 0.1) is 4.92 Å². The molecule has 0 radical (unpaired) electrons. The van der Waals surface area contributed by atoms with E-state index < -0.39 is 4.92 Å². The maximum Gasteiger partial charge on any atom is 0.292 e. The van der Waals surface area contributed by atoms with Gasteiger partial charge in [0.2, 0.25) is 0 Å². The fourth-order valence-corrected chi connectivity index (χ4v) is 2.81. The van der Waals surface area contributed by atoms with Gasteiger partial charge in [0.25, 0.3) is 11.6 Å². The number of allylic oxidation sites excluding steroid dienone is 1. The number of ketones is 1. The molecule has 1 amide bonds. The molecule has 0 bridgehead atoms. The second kappa shape index (κ2) is 10.8. The first-order valence-electron chi connectivity index (χ1n) is 9.58. The van der Waals surface area contributed by atoms with Crippen molar-refractivity contribution in [2.75, 3.05) is 32.1 Å². The Morgan fingerprint density at radius 3 is 2.37 bits per heavy atom. The van der Waals surface area contributed by atoms with Crippen LogP contribution in [0.3, 0.4) is 0 Å². The molecule has 0 heterocycles. The van der Waals surface area contributed by atoms with Crippen molar-refractivity contribution in [1.29, 1.82) is 0 Å². The fraction of sp³-hybridized carbons (Fsp3) is 0.273. The van der Waals surface area contributed by atoms with E-state index in [2.05, 4.69) is 5.32 Å². The second-order valence-electron chi connectivity index (χ2n) is 6.36. The monoisotopic (exact) mass is 411 g/mol. The van der Waals surface area contributed by atoms with Gasteiger partial charge in [-0.1, -0.05) is 12.1 Å². The summed E-state index contributed by atoms with van der Waals surface area (Å²) in [5, 5.41) is 13.9. The zero-order valence-electron chi connectivity index (χ0n) is 17.3. The zero-order valence-corrected chi connectivity index (χ0v) is 17.3. The molecule has 0 saturated heterocycles. The summed E-state index contributed by atoms with van der Waals surface area (Å²) in [7, 11) is 1.61. The summed E-state index contributed by atoms with van der Waals surface area (Å²) in [5.41, 5.74) is 1.32. The van der Waals surface area contributed by atoms with Crippen molar-refractivity contribution in [1.82, 2.24) is 4.90 Å². The molecule has 0 atom stereocenters. The topological polar surface area (TPSA) is 102 Å². The van der Waals surface area contributed by atoms with Crippen LogP contribution in [0.2, 0.25) is 0 Å². The molecule has 0 aliphatic carbocycles. The van der Waals surface area contributed by atoms with Gasteiger partial charge in [-0.2, -0.15) is 0 Å². The Kier molecular flexibility index (Phi) is 8.10. The van der Waals surface area contributed by atoms with Crippen molar-refractivity contribution in [3.8, 4) is 5.75 Å². The van der Waals surface area contributed by atoms with Gasteiger partial charge < -0.3 is 15.0 Å². The third-order valence-corrected chi connectivity index (χ3v) is 4.53. The Hall–Kier alpha value is -3.68. The van der Waals surface area contributed by atoms with Gasteiger partial charge in [0.15, 0.2) is 12.4 Å². The highest BCUT2D eigenvalue weighted by molar-refractivity contribution is 6.06. The summed E-state index contributed by atoms with van der Waals surface area (Å²) in [6.07, 6.45) is 2.89. The molecule has 0 saturated carbocycles. The average Bonchev–Trinajstić information content (AvgIpc) is 2.76. The number of rotatable bonds is 10. The van der Waals surface area contributed by atoms with Gasteiger partial charge in [-0.3, -0.25) is 19.7 Å². The lowest BCUT2D eigenvalue weighted by Crippen LogP contribution is -2.34. The molecule has 2 rings (SSSR count). The number of nitrogens with zero attached hydrogens (tertiary/aromatic N) is 2. The van der Waals surface area contributed by atoms with Crippen molar-refractivity contribution in [2.24, 2.45) is 0 Å². The molecule has 0 spiro atoms. The summed E-state index contributed by atoms with van der Waals surface area (Å²) in [4.78, 5) is 36.7. The summed E-state index contributed by atoms with van der Waals surface area (Å²) in [6, 6.07) is 11.2. The number of amides is 1. The Balaban J connectivity index is 2.02. The highest BCUT2D eigenvalue weighted by atomic mass is 16.6. The number of hydrogen-bond acceptors (Lipinski definition) is 6. The van der Waals surface area contributed by atoms with E-state index in [0.717, 1.165) is 0 Å². The molecule has 0 aromatic heterocycles. The average molecular weight is 411 g/mol. The van der Waals surface area contributed by atoms with E-state index in [-0.39, 0.29) is 24.0 Å². The third kappa shape index (κ3) is 5.91. The van der Waals surface area contributed by atoms with Crippen LogP contribution in [0, 0.1) is 10.1 Å². The van der Waals surface area contributed by atoms with E-state index in [9.17, 15) is 19.7 Å². The number of benzene rings is 2. The third-order valence-electron chi connectivity index (χ3n) is 4.53. The highest BCUT2D eigenvalue weighted by Gasteiger charge is 2.13. The van der Waals surface area contributed by atoms with Crippen LogP contribution in [0.4, 0.5) is 11.4 Å². The van der Waals surface area contributed by atoms with Crippen molar-refractivity contribution >= 4 is 29.1 Å². The Morgan fingerprint density at radius 2 is 1.80 bits per heavy atom. The van der Waals surface area contributed by atoms with Gasteiger partial charge >= 0.3 is 0 Å². The Bertz CT molecular complexity index is 934. The SMILES string of the molecule is CCN(CC)C(=O)COc1ccc(C(=O)/C=C/c2ccc(NC)c([N+](=O)[O-])c2)cc1. The highest BCUT2D eigenvalue weighted by Crippen LogP contribution is 2.25. The minimum atomic E-state index is -0.477. The number of ether oxygens (including phenoxy) is 1. The predicted molar refractivity (Wildman–Crippen MR) is 116 cm³/mol. The zero-order chi connectivity index (χ0) is 22.1. The molecule has 158 valence electrons. The van der Waals surface area contributed by atoms with Crippen LogP contribution in [-0.4, -0.2) is 48.3 Å². The Labute approximate surface area is 175 Å². The second-order valence-corrected chi connectivity index (χ2v) is 6.36. The number of carbonyl (C=O) groups excluding carboxylic acids is 2. The van der Waals surface area contributed by atoms with Gasteiger partial charge in [-0.15, -0.1) is 0 Å². The molecule has 8 nitrogen and oxygen atoms in total. The van der Waals surface area contributed by atoms with Crippen LogP contribution >= 0.6 is 0 Å². The van der Waals surface area contributed by atoms with Crippen molar-refractivity contribution in [3.63, 3.8) is 0 Å². The summed E-state index contributed by atoms with van der Waals surface area (Å²) < 4.78 is 5.48. The summed E-state index contributed by atoms with van der Waals surface area (Å²) in [5.74, 6) is 0.150. The maximum absolute atomic E-state index is 12.4. The smallest absolute Gasteiger partial charge is 0.292 e. The molecule has 0 unspecified atom stereocenters. The molecule has 1 N–H and O–H groups in total. The summed E-state index contributed by atoms with van der Waals surface area (Å²) >= 11 is 0. The number of hydrogen-bond donors (Lipinski definition) is 1. The molecular formula is C22H25N3O5. The number of nitro groups is 1. The van der Waals surface area contributed by atoms with Gasteiger partial charge in [0, 0.05) is 31.8 Å². The lowest BCUT2D eigenvalue weighted by Gasteiger charge is -2.18. The van der Waals surface area contributed by atoms with E-state index in [1.54, 1.807) is 48.3 Å². The first-order valence-corrected chi connectivity index (χ1v) is 9.58. The van der Waals surface area contributed by atoms with Crippen LogP contribution in [-0.2, 0) is 4.79 Å². The van der Waals surface area contributed by atoms with Gasteiger partial charge in [-0.25, -0.2) is 0 Å². The van der Waals surface area contributed by atoms with Crippen LogP contribution in [0.25, 0.3) is 6.08 Å². The van der Waals surface area contributed by atoms with E-state index in [1.165, 1.54) is 18.2 Å². The van der Waals surface area contributed by atoms with Crippen LogP contribution in [0.15, 0.2) is 48.5 Å². The number of anilines is 1. The molecule has 0 fully saturated rings. The number of likely N-dealkylation sites (N-methyl/N-ethyl adjacent to an activating group) is 1. The van der Waals surface area contributed by atoms with E-state index in [4.69, 9.17) is 4.74 Å². The minimum Gasteiger partial charge on any atom is -0.484 e. The van der Waals surface area contributed by atoms with Gasteiger partial charge in [0.1, 0.15) is 11.4 Å². The molecule has 0 aliphatic heterocycles. The standard InChI is InChI=1S/C22H25N3O5/c1-4-24(5-2)22(27)15-30-18-10-8-17(9-11-18)21(26)13-7-16-6-12-19(23-3)20(14-16)25(28)29/h6-14,23H,4-5,15H2,1-3H3/b13-7+. The predicted octanol–water partition coefficient (Wildman–Crippen LogP) is 3.78. The van der Waals surface area contributed by atoms with Crippen molar-refractivity contribution in [3.05, 3.63) is 69.8 Å². The van der Waals surface area contributed by atoms with E-state index in [1.807, 2.05) is 13.8 Å². The van der Waals surface area contributed by atoms with Crippen LogP contribution in [0.1, 0.15) is 29.8 Å². The lowest BCUT2D eigenvalue weighted by atomic mass is 10.1. The molecule has 0 aliphatic rings. The molecular weight excluding hydrogens is 386 g/mol. The quantitative estimate of drug-likeness (QED) is 0.276. The molecule has 2 aromatic rings. The number of carbonyl (C=O) groups is 2. The molecule has 30 heavy (non-hydrogen) atoms. The van der Waals surface area contributed by atoms with Crippen LogP contribution < -0.4 is 10.1 Å². The Morgan fingerprint density at radius 1 is 1.13 bits per heavy atom. The van der Waals surface area contributed by atoms with Gasteiger partial charge in [-0.05, 0) is 55.8 Å². The van der Waals surface area contributed by atoms with Crippen LogP contribution in [0.5, 0.6) is 5.75 Å². The molecule has 2 aromatic carbocycles. The molecule has 8 heteroatoms. The summed E-state index contributed by atoms with van der Waals surface area (Å²) in [6.45, 7) is 5.00. The minimum absolute atomic E-state index is 0.0593. The van der Waals surface area contributed by atoms with E-state index in [0.29, 0.717) is 35.7 Å². The lowest BCUT2D eigenvalue weighted by molar-refractivity contribution is -0.384. The van der Waals surface area contributed by atoms with E-state index >= 15 is 0 Å². The first kappa shape index (κ1) is 22.6. The van der Waals surface area contributed by atoms with Crippen molar-refractivity contribution in [2.45, 2.75) is 13.8 Å². The van der Waals surface area contributed by atoms with Crippen molar-refractivity contribution < 1.29 is 19.2 Å². The fourth-order valence-electron chi connectivity index (χ4n) is 2.81. The first-order chi connectivity index (χ1) is 14.4.